The maximum absolute atomic E-state index is 11.5. The fraction of sp³-hybridized carbons (Fsp3) is 0.533. The molecule has 1 aromatic rings. The highest BCUT2D eigenvalue weighted by atomic mass is 79.9. The molecule has 0 spiro atoms. The Bertz CT molecular complexity index is 442. The molecule has 2 N–H and O–H groups in total. The summed E-state index contributed by atoms with van der Waals surface area (Å²) in [6.45, 7) is 4.55. The molecule has 0 saturated heterocycles. The van der Waals surface area contributed by atoms with Gasteiger partial charge in [0.25, 0.3) is 0 Å². The van der Waals surface area contributed by atoms with E-state index in [1.165, 1.54) is 4.90 Å². The molecule has 0 heterocycles. The molecule has 0 amide bonds. The summed E-state index contributed by atoms with van der Waals surface area (Å²) in [5.41, 5.74) is -0.775. The van der Waals surface area contributed by atoms with Crippen molar-refractivity contribution in [1.82, 2.24) is 5.32 Å². The van der Waals surface area contributed by atoms with Gasteiger partial charge in [-0.05, 0) is 59.6 Å². The van der Waals surface area contributed by atoms with Crippen LogP contribution in [0.3, 0.4) is 0 Å². The first-order valence-electron chi connectivity index (χ1n) is 6.91. The Morgan fingerprint density at radius 3 is 2.65 bits per heavy atom. The fourth-order valence-electron chi connectivity index (χ4n) is 2.18. The van der Waals surface area contributed by atoms with Gasteiger partial charge in [0.05, 0.1) is 0 Å². The maximum Gasteiger partial charge on any atom is 0.323 e. The number of carboxylic acid groups (broad SMARTS) is 1. The Morgan fingerprint density at radius 1 is 1.40 bits per heavy atom. The molecule has 20 heavy (non-hydrogen) atoms. The van der Waals surface area contributed by atoms with Crippen LogP contribution in [0.4, 0.5) is 0 Å². The van der Waals surface area contributed by atoms with Crippen molar-refractivity contribution in [3.8, 4) is 0 Å². The number of carboxylic acids is 1. The van der Waals surface area contributed by atoms with Gasteiger partial charge >= 0.3 is 5.97 Å². The molecule has 3 nitrogen and oxygen atoms in total. The van der Waals surface area contributed by atoms with Gasteiger partial charge in [-0.3, -0.25) is 4.79 Å². The van der Waals surface area contributed by atoms with Crippen LogP contribution in [0.2, 0.25) is 0 Å². The molecule has 0 aromatic heterocycles. The van der Waals surface area contributed by atoms with E-state index in [0.29, 0.717) is 19.4 Å². The van der Waals surface area contributed by atoms with Crippen LogP contribution in [0.1, 0.15) is 33.1 Å². The molecule has 112 valence electrons. The van der Waals surface area contributed by atoms with Crippen LogP contribution in [0, 0.1) is 0 Å². The highest BCUT2D eigenvalue weighted by molar-refractivity contribution is 9.10. The van der Waals surface area contributed by atoms with Crippen molar-refractivity contribution in [1.29, 1.82) is 0 Å². The summed E-state index contributed by atoms with van der Waals surface area (Å²) in [7, 11) is 0. The number of nitrogens with one attached hydrogen (secondary N) is 1. The van der Waals surface area contributed by atoms with Crippen LogP contribution in [0.5, 0.6) is 0 Å². The van der Waals surface area contributed by atoms with Crippen molar-refractivity contribution in [3.05, 3.63) is 28.7 Å². The Labute approximate surface area is 133 Å². The molecule has 1 unspecified atom stereocenters. The predicted octanol–water partition coefficient (Wildman–Crippen LogP) is 4.16. The molecule has 1 rings (SSSR count). The number of halogens is 1. The molecule has 0 bridgehead atoms. The Morgan fingerprint density at radius 2 is 2.10 bits per heavy atom. The second kappa shape index (κ2) is 8.70. The highest BCUT2D eigenvalue weighted by Crippen LogP contribution is 2.29. The first-order chi connectivity index (χ1) is 9.55. The van der Waals surface area contributed by atoms with E-state index in [1.54, 1.807) is 11.8 Å². The largest absolute Gasteiger partial charge is 0.480 e. The van der Waals surface area contributed by atoms with E-state index in [4.69, 9.17) is 0 Å². The molecule has 0 fully saturated rings. The summed E-state index contributed by atoms with van der Waals surface area (Å²) in [6, 6.07) is 8.10. The molecule has 1 atom stereocenters. The van der Waals surface area contributed by atoms with Gasteiger partial charge in [-0.25, -0.2) is 0 Å². The van der Waals surface area contributed by atoms with E-state index in [2.05, 4.69) is 27.3 Å². The monoisotopic (exact) mass is 359 g/mol. The number of likely N-dealkylation sites (N-methyl/N-ethyl adjacent to an activating group) is 1. The summed E-state index contributed by atoms with van der Waals surface area (Å²) in [5.74, 6) is 0.177. The van der Waals surface area contributed by atoms with Crippen molar-refractivity contribution >= 4 is 33.7 Å². The summed E-state index contributed by atoms with van der Waals surface area (Å²) < 4.78 is 1.09. The fourth-order valence-corrected chi connectivity index (χ4v) is 3.70. The predicted molar refractivity (Wildman–Crippen MR) is 88.4 cm³/mol. The SMILES string of the molecule is CCNC(CC)(CCCSc1ccccc1Br)C(=O)O. The minimum Gasteiger partial charge on any atom is -0.480 e. The van der Waals surface area contributed by atoms with E-state index in [1.807, 2.05) is 32.0 Å². The molecule has 0 saturated carbocycles. The number of benzene rings is 1. The number of rotatable bonds is 9. The normalized spacial score (nSPS) is 13.9. The van der Waals surface area contributed by atoms with Crippen molar-refractivity contribution in [2.45, 2.75) is 43.5 Å². The van der Waals surface area contributed by atoms with Crippen LogP contribution in [0.25, 0.3) is 0 Å². The molecular formula is C15H22BrNO2S. The highest BCUT2D eigenvalue weighted by Gasteiger charge is 2.34. The smallest absolute Gasteiger partial charge is 0.323 e. The van der Waals surface area contributed by atoms with Gasteiger partial charge in [0.1, 0.15) is 5.54 Å². The molecule has 0 aliphatic rings. The number of hydrogen-bond donors (Lipinski definition) is 2. The van der Waals surface area contributed by atoms with Crippen LogP contribution in [-0.4, -0.2) is 28.9 Å². The second-order valence-corrected chi connectivity index (χ2v) is 6.64. The minimum absolute atomic E-state index is 0.607. The number of carbonyl (C=O) groups is 1. The lowest BCUT2D eigenvalue weighted by Gasteiger charge is -2.29. The average molecular weight is 360 g/mol. The van der Waals surface area contributed by atoms with Crippen LogP contribution >= 0.6 is 27.7 Å². The summed E-state index contributed by atoms with van der Waals surface area (Å²) >= 11 is 5.28. The average Bonchev–Trinajstić information content (AvgIpc) is 2.43. The zero-order valence-corrected chi connectivity index (χ0v) is 14.4. The first-order valence-corrected chi connectivity index (χ1v) is 8.69. The van der Waals surface area contributed by atoms with E-state index in [-0.39, 0.29) is 0 Å². The van der Waals surface area contributed by atoms with Gasteiger partial charge in [-0.15, -0.1) is 11.8 Å². The van der Waals surface area contributed by atoms with Gasteiger partial charge in [0, 0.05) is 9.37 Å². The van der Waals surface area contributed by atoms with Gasteiger partial charge in [0.15, 0.2) is 0 Å². The lowest BCUT2D eigenvalue weighted by atomic mass is 9.91. The number of thioether (sulfide) groups is 1. The molecule has 0 aliphatic heterocycles. The lowest BCUT2D eigenvalue weighted by Crippen LogP contribution is -2.51. The second-order valence-electron chi connectivity index (χ2n) is 4.65. The molecule has 1 aromatic carbocycles. The van der Waals surface area contributed by atoms with E-state index >= 15 is 0 Å². The lowest BCUT2D eigenvalue weighted by molar-refractivity contribution is -0.145. The minimum atomic E-state index is -0.775. The zero-order chi connectivity index (χ0) is 15.0. The van der Waals surface area contributed by atoms with Gasteiger partial charge < -0.3 is 10.4 Å². The van der Waals surface area contributed by atoms with Gasteiger partial charge in [-0.1, -0.05) is 26.0 Å². The van der Waals surface area contributed by atoms with Crippen molar-refractivity contribution < 1.29 is 9.90 Å². The Kier molecular flexibility index (Phi) is 7.62. The standard InChI is InChI=1S/C15H22BrNO2S/c1-3-15(14(18)19,17-4-2)10-7-11-20-13-9-6-5-8-12(13)16/h5-6,8-9,17H,3-4,7,10-11H2,1-2H3,(H,18,19). The third-order valence-corrected chi connectivity index (χ3v) is 5.48. The Balaban J connectivity index is 2.49. The van der Waals surface area contributed by atoms with Crippen LogP contribution in [0.15, 0.2) is 33.6 Å². The van der Waals surface area contributed by atoms with Crippen molar-refractivity contribution in [3.63, 3.8) is 0 Å². The molecule has 0 radical (unpaired) electrons. The van der Waals surface area contributed by atoms with Crippen molar-refractivity contribution in [2.24, 2.45) is 0 Å². The van der Waals surface area contributed by atoms with Gasteiger partial charge in [0.2, 0.25) is 0 Å². The Hall–Kier alpha value is -0.520. The van der Waals surface area contributed by atoms with E-state index in [9.17, 15) is 9.90 Å². The maximum atomic E-state index is 11.5. The zero-order valence-electron chi connectivity index (χ0n) is 12.0. The first kappa shape index (κ1) is 17.5. The molecular weight excluding hydrogens is 338 g/mol. The third-order valence-electron chi connectivity index (χ3n) is 3.37. The number of aliphatic carboxylic acids is 1. The summed E-state index contributed by atoms with van der Waals surface area (Å²) in [6.07, 6.45) is 2.14. The van der Waals surface area contributed by atoms with Crippen molar-refractivity contribution in [2.75, 3.05) is 12.3 Å². The quantitative estimate of drug-likeness (QED) is 0.513. The molecule has 5 heteroatoms. The van der Waals surface area contributed by atoms with Crippen LogP contribution in [-0.2, 0) is 4.79 Å². The number of hydrogen-bond acceptors (Lipinski definition) is 3. The topological polar surface area (TPSA) is 49.3 Å². The summed E-state index contributed by atoms with van der Waals surface area (Å²) in [5, 5.41) is 12.6. The molecule has 0 aliphatic carbocycles. The van der Waals surface area contributed by atoms with Gasteiger partial charge in [-0.2, -0.15) is 0 Å². The van der Waals surface area contributed by atoms with E-state index in [0.717, 1.165) is 16.6 Å². The third kappa shape index (κ3) is 4.79. The van der Waals surface area contributed by atoms with E-state index < -0.39 is 11.5 Å². The van der Waals surface area contributed by atoms with Crippen LogP contribution < -0.4 is 5.32 Å². The summed E-state index contributed by atoms with van der Waals surface area (Å²) in [4.78, 5) is 12.7.